The van der Waals surface area contributed by atoms with E-state index in [9.17, 15) is 19.3 Å². The first-order valence-corrected chi connectivity index (χ1v) is 5.77. The summed E-state index contributed by atoms with van der Waals surface area (Å²) in [4.78, 5) is 20.8. The molecule has 0 saturated heterocycles. The van der Waals surface area contributed by atoms with Gasteiger partial charge in [0.15, 0.2) is 0 Å². The highest BCUT2D eigenvalue weighted by Gasteiger charge is 2.22. The molecule has 1 N–H and O–H groups in total. The number of hydrogen-bond donors (Lipinski definition) is 1. The maximum Gasteiger partial charge on any atom is 0.411 e. The molecule has 0 spiro atoms. The first-order chi connectivity index (χ1) is 8.69. The van der Waals surface area contributed by atoms with Crippen LogP contribution in [0.25, 0.3) is 0 Å². The molecule has 0 aliphatic carbocycles. The lowest BCUT2D eigenvalue weighted by molar-refractivity contribution is -0.387. The third kappa shape index (κ3) is 5.46. The van der Waals surface area contributed by atoms with E-state index in [2.05, 4.69) is 10.1 Å². The molecule has 0 unspecified atom stereocenters. The van der Waals surface area contributed by atoms with Gasteiger partial charge in [-0.05, 0) is 12.1 Å². The van der Waals surface area contributed by atoms with E-state index in [1.54, 1.807) is 0 Å². The Morgan fingerprint density at radius 3 is 2.63 bits per heavy atom. The van der Waals surface area contributed by atoms with E-state index < -0.39 is 32.9 Å². The van der Waals surface area contributed by atoms with Crippen molar-refractivity contribution in [3.63, 3.8) is 0 Å². The van der Waals surface area contributed by atoms with E-state index >= 15 is 0 Å². The van der Waals surface area contributed by atoms with Crippen LogP contribution in [-0.2, 0) is 4.74 Å². The molecular weight excluding hydrogens is 325 g/mol. The molecule has 0 heterocycles. The molecule has 0 aliphatic heterocycles. The minimum Gasteiger partial charge on any atom is -0.445 e. The van der Waals surface area contributed by atoms with E-state index in [4.69, 9.17) is 34.8 Å². The minimum atomic E-state index is -1.77. The van der Waals surface area contributed by atoms with Crippen LogP contribution in [0.2, 0.25) is 0 Å². The number of benzene rings is 1. The van der Waals surface area contributed by atoms with Crippen LogP contribution in [0.1, 0.15) is 0 Å². The van der Waals surface area contributed by atoms with Gasteiger partial charge in [-0.3, -0.25) is 15.4 Å². The van der Waals surface area contributed by atoms with Gasteiger partial charge in [-0.2, -0.15) is 4.39 Å². The van der Waals surface area contributed by atoms with Gasteiger partial charge in [0.05, 0.1) is 10.6 Å². The highest BCUT2D eigenvalue weighted by atomic mass is 35.6. The summed E-state index contributed by atoms with van der Waals surface area (Å²) < 4.78 is 15.8. The maximum atomic E-state index is 13.0. The first kappa shape index (κ1) is 15.7. The molecule has 6 nitrogen and oxygen atoms in total. The van der Waals surface area contributed by atoms with Gasteiger partial charge in [-0.15, -0.1) is 0 Å². The molecule has 0 bridgehead atoms. The van der Waals surface area contributed by atoms with Crippen molar-refractivity contribution in [3.8, 4) is 0 Å². The predicted molar refractivity (Wildman–Crippen MR) is 68.3 cm³/mol. The van der Waals surface area contributed by atoms with Crippen LogP contribution in [0.4, 0.5) is 20.6 Å². The standard InChI is InChI=1S/C9H6Cl3FN2O4/c10-9(11,12)4-19-8(16)14-5-1-2-6(13)7(3-5)15(17)18/h1-3H,4H2,(H,14,16). The Balaban J connectivity index is 2.70. The molecule has 1 rings (SSSR count). The van der Waals surface area contributed by atoms with Crippen molar-refractivity contribution >= 4 is 52.3 Å². The van der Waals surface area contributed by atoms with E-state index in [-0.39, 0.29) is 5.69 Å². The fourth-order valence-corrected chi connectivity index (χ4v) is 1.20. The van der Waals surface area contributed by atoms with Crippen molar-refractivity contribution in [1.29, 1.82) is 0 Å². The van der Waals surface area contributed by atoms with Gasteiger partial charge in [0.25, 0.3) is 0 Å². The Kier molecular flexibility index (Phi) is 5.16. The number of anilines is 1. The van der Waals surface area contributed by atoms with Gasteiger partial charge in [0.2, 0.25) is 9.61 Å². The number of hydrogen-bond acceptors (Lipinski definition) is 4. The van der Waals surface area contributed by atoms with Gasteiger partial charge in [0, 0.05) is 6.07 Å². The van der Waals surface area contributed by atoms with Crippen LogP contribution in [0, 0.1) is 15.9 Å². The smallest absolute Gasteiger partial charge is 0.411 e. The molecular formula is C9H6Cl3FN2O4. The molecule has 10 heteroatoms. The number of nitro benzene ring substituents is 1. The Morgan fingerprint density at radius 1 is 1.47 bits per heavy atom. The Labute approximate surface area is 121 Å². The van der Waals surface area contributed by atoms with Gasteiger partial charge >= 0.3 is 11.8 Å². The monoisotopic (exact) mass is 330 g/mol. The van der Waals surface area contributed by atoms with E-state index in [1.165, 1.54) is 0 Å². The number of ether oxygens (including phenoxy) is 1. The minimum absolute atomic E-state index is 0.0255. The SMILES string of the molecule is O=C(Nc1ccc(F)c([N+](=O)[O-])c1)OCC(Cl)(Cl)Cl. The molecule has 104 valence electrons. The predicted octanol–water partition coefficient (Wildman–Crippen LogP) is 3.65. The van der Waals surface area contributed by atoms with Gasteiger partial charge in [-0.1, -0.05) is 34.8 Å². The average Bonchev–Trinajstić information content (AvgIpc) is 2.28. The molecule has 19 heavy (non-hydrogen) atoms. The van der Waals surface area contributed by atoms with Crippen LogP contribution in [0.3, 0.4) is 0 Å². The number of rotatable bonds is 3. The molecule has 0 aliphatic rings. The summed E-state index contributed by atoms with van der Waals surface area (Å²) in [5.74, 6) is -1.02. The Hall–Kier alpha value is -1.31. The molecule has 0 fully saturated rings. The largest absolute Gasteiger partial charge is 0.445 e. The fourth-order valence-electron chi connectivity index (χ4n) is 1.03. The van der Waals surface area contributed by atoms with Crippen molar-refractivity contribution in [1.82, 2.24) is 0 Å². The number of halogens is 4. The second kappa shape index (κ2) is 6.23. The highest BCUT2D eigenvalue weighted by Crippen LogP contribution is 2.26. The van der Waals surface area contributed by atoms with E-state index in [0.717, 1.165) is 18.2 Å². The molecule has 1 aromatic rings. The number of carbonyl (C=O) groups excluding carboxylic acids is 1. The average molecular weight is 332 g/mol. The van der Waals surface area contributed by atoms with Gasteiger partial charge in [0.1, 0.15) is 6.61 Å². The number of nitrogens with one attached hydrogen (secondary N) is 1. The summed E-state index contributed by atoms with van der Waals surface area (Å²) in [5.41, 5.74) is -0.804. The lowest BCUT2D eigenvalue weighted by Crippen LogP contribution is -2.21. The highest BCUT2D eigenvalue weighted by molar-refractivity contribution is 6.67. The second-order valence-corrected chi connectivity index (χ2v) is 5.76. The summed E-state index contributed by atoms with van der Waals surface area (Å²) in [5, 5.41) is 12.6. The number of amides is 1. The van der Waals surface area contributed by atoms with Gasteiger partial charge < -0.3 is 4.74 Å². The van der Waals surface area contributed by atoms with Crippen LogP contribution >= 0.6 is 34.8 Å². The molecule has 0 radical (unpaired) electrons. The summed E-state index contributed by atoms with van der Waals surface area (Å²) in [6, 6.07) is 2.80. The van der Waals surface area contributed by atoms with Crippen molar-refractivity contribution in [2.24, 2.45) is 0 Å². The zero-order valence-corrected chi connectivity index (χ0v) is 11.3. The Bertz CT molecular complexity index is 507. The van der Waals surface area contributed by atoms with E-state index in [1.807, 2.05) is 0 Å². The number of carbonyl (C=O) groups is 1. The third-order valence-corrected chi connectivity index (χ3v) is 2.08. The van der Waals surface area contributed by atoms with Crippen LogP contribution in [-0.4, -0.2) is 21.4 Å². The maximum absolute atomic E-state index is 13.0. The summed E-state index contributed by atoms with van der Waals surface area (Å²) in [6.45, 7) is -0.507. The van der Waals surface area contributed by atoms with Crippen molar-refractivity contribution in [2.45, 2.75) is 3.79 Å². The third-order valence-electron chi connectivity index (χ3n) is 1.76. The van der Waals surface area contributed by atoms with Crippen molar-refractivity contribution in [2.75, 3.05) is 11.9 Å². The second-order valence-electron chi connectivity index (χ2n) is 3.24. The summed E-state index contributed by atoms with van der Waals surface area (Å²) >= 11 is 16.1. The molecule has 1 aromatic carbocycles. The van der Waals surface area contributed by atoms with E-state index in [0.29, 0.717) is 0 Å². The Morgan fingerprint density at radius 2 is 2.11 bits per heavy atom. The topological polar surface area (TPSA) is 81.5 Å². The number of nitro groups is 1. The fraction of sp³-hybridized carbons (Fsp3) is 0.222. The first-order valence-electron chi connectivity index (χ1n) is 4.63. The summed E-state index contributed by atoms with van der Waals surface area (Å²) in [7, 11) is 0. The zero-order chi connectivity index (χ0) is 14.6. The van der Waals surface area contributed by atoms with Crippen LogP contribution in [0.15, 0.2) is 18.2 Å². The van der Waals surface area contributed by atoms with Crippen molar-refractivity contribution in [3.05, 3.63) is 34.1 Å². The normalized spacial score (nSPS) is 10.9. The lowest BCUT2D eigenvalue weighted by atomic mass is 10.2. The molecule has 0 saturated carbocycles. The molecule has 0 atom stereocenters. The van der Waals surface area contributed by atoms with Crippen molar-refractivity contribution < 1.29 is 18.8 Å². The molecule has 1 amide bonds. The zero-order valence-electron chi connectivity index (χ0n) is 9.03. The summed E-state index contributed by atoms with van der Waals surface area (Å²) in [6.07, 6.45) is -0.993. The number of alkyl halides is 3. The van der Waals surface area contributed by atoms with Crippen LogP contribution in [0.5, 0.6) is 0 Å². The molecule has 0 aromatic heterocycles. The quantitative estimate of drug-likeness (QED) is 0.520. The van der Waals surface area contributed by atoms with Gasteiger partial charge in [-0.25, -0.2) is 4.79 Å². The van der Waals surface area contributed by atoms with Crippen LogP contribution < -0.4 is 5.32 Å². The lowest BCUT2D eigenvalue weighted by Gasteiger charge is -2.11. The number of nitrogens with zero attached hydrogens (tertiary/aromatic N) is 1.